The molecule has 1 amide bonds. The van der Waals surface area contributed by atoms with E-state index in [4.69, 9.17) is 0 Å². The van der Waals surface area contributed by atoms with Crippen molar-refractivity contribution in [1.82, 2.24) is 10.2 Å². The van der Waals surface area contributed by atoms with Crippen LogP contribution >= 0.6 is 0 Å². The number of benzene rings is 1. The highest BCUT2D eigenvalue weighted by molar-refractivity contribution is 7.92. The van der Waals surface area contributed by atoms with E-state index in [2.05, 4.69) is 20.2 Å². The van der Waals surface area contributed by atoms with Gasteiger partial charge in [0.05, 0.1) is 17.5 Å². The highest BCUT2D eigenvalue weighted by Crippen LogP contribution is 2.16. The number of nitrogens with one attached hydrogen (secondary N) is 3. The number of aryl methyl sites for hydroxylation is 1. The average molecular weight is 308 g/mol. The van der Waals surface area contributed by atoms with Gasteiger partial charge < -0.3 is 5.32 Å². The monoisotopic (exact) mass is 308 g/mol. The normalized spacial score (nSPS) is 11.1. The predicted octanol–water partition coefficient (Wildman–Crippen LogP) is 1.73. The largest absolute Gasteiger partial charge is 0.322 e. The second kappa shape index (κ2) is 5.96. The quantitative estimate of drug-likeness (QED) is 0.782. The molecule has 1 heterocycles. The third-order valence-corrected chi connectivity index (χ3v) is 4.18. The molecule has 0 unspecified atom stereocenters. The van der Waals surface area contributed by atoms with Gasteiger partial charge in [0, 0.05) is 17.1 Å². The number of nitrogens with zero attached hydrogens (tertiary/aromatic N) is 1. The van der Waals surface area contributed by atoms with Crippen molar-refractivity contribution in [3.8, 4) is 0 Å². The maximum Gasteiger partial charge on any atom is 0.259 e. The molecule has 1 aromatic heterocycles. The van der Waals surface area contributed by atoms with Crippen molar-refractivity contribution in [2.45, 2.75) is 13.8 Å². The first-order chi connectivity index (χ1) is 9.91. The van der Waals surface area contributed by atoms with Gasteiger partial charge in [-0.1, -0.05) is 0 Å². The van der Waals surface area contributed by atoms with E-state index in [0.29, 0.717) is 22.6 Å². The van der Waals surface area contributed by atoms with Crippen LogP contribution in [0.4, 0.5) is 11.4 Å². The lowest BCUT2D eigenvalue weighted by atomic mass is 10.2. The van der Waals surface area contributed by atoms with Crippen LogP contribution in [0.2, 0.25) is 0 Å². The zero-order chi connectivity index (χ0) is 15.5. The molecule has 0 aliphatic heterocycles. The van der Waals surface area contributed by atoms with Crippen LogP contribution in [0, 0.1) is 6.92 Å². The van der Waals surface area contributed by atoms with E-state index in [1.54, 1.807) is 38.1 Å². The summed E-state index contributed by atoms with van der Waals surface area (Å²) in [6.07, 6.45) is 1.45. The lowest BCUT2D eigenvalue weighted by Crippen LogP contribution is -2.15. The first kappa shape index (κ1) is 15.0. The molecule has 0 saturated heterocycles. The number of carbonyl (C=O) groups is 1. The van der Waals surface area contributed by atoms with Gasteiger partial charge in [0.1, 0.15) is 0 Å². The minimum absolute atomic E-state index is 0.00521. The fraction of sp³-hybridized carbons (Fsp3) is 0.231. The van der Waals surface area contributed by atoms with Crippen molar-refractivity contribution < 1.29 is 13.2 Å². The topological polar surface area (TPSA) is 104 Å². The Morgan fingerprint density at radius 2 is 1.86 bits per heavy atom. The number of hydrogen-bond acceptors (Lipinski definition) is 4. The maximum atomic E-state index is 12.0. The second-order valence-electron chi connectivity index (χ2n) is 4.45. The first-order valence-corrected chi connectivity index (χ1v) is 7.98. The maximum absolute atomic E-state index is 12.0. The van der Waals surface area contributed by atoms with Gasteiger partial charge in [-0.15, -0.1) is 0 Å². The van der Waals surface area contributed by atoms with E-state index in [-0.39, 0.29) is 11.7 Å². The minimum atomic E-state index is -3.30. The fourth-order valence-electron chi connectivity index (χ4n) is 1.65. The Balaban J connectivity index is 2.06. The van der Waals surface area contributed by atoms with E-state index in [1.807, 2.05) is 0 Å². The summed E-state index contributed by atoms with van der Waals surface area (Å²) in [6, 6.07) is 6.43. The number of anilines is 2. The van der Waals surface area contributed by atoms with Crippen LogP contribution in [-0.4, -0.2) is 30.3 Å². The molecule has 112 valence electrons. The fourth-order valence-corrected chi connectivity index (χ4v) is 2.29. The van der Waals surface area contributed by atoms with Crippen molar-refractivity contribution in [1.29, 1.82) is 0 Å². The number of sulfonamides is 1. The molecule has 0 radical (unpaired) electrons. The van der Waals surface area contributed by atoms with Crippen LogP contribution in [0.15, 0.2) is 30.5 Å². The summed E-state index contributed by atoms with van der Waals surface area (Å²) in [4.78, 5) is 12.0. The number of hydrogen-bond donors (Lipinski definition) is 3. The SMILES string of the molecule is CCS(=O)(=O)Nc1ccc(NC(=O)c2cn[nH]c2C)cc1. The zero-order valence-electron chi connectivity index (χ0n) is 11.7. The van der Waals surface area contributed by atoms with Crippen LogP contribution in [0.25, 0.3) is 0 Å². The average Bonchev–Trinajstić information content (AvgIpc) is 2.87. The van der Waals surface area contributed by atoms with Gasteiger partial charge in [-0.05, 0) is 38.1 Å². The summed E-state index contributed by atoms with van der Waals surface area (Å²) in [5.74, 6) is -0.270. The van der Waals surface area contributed by atoms with Gasteiger partial charge in [-0.2, -0.15) is 5.10 Å². The zero-order valence-corrected chi connectivity index (χ0v) is 12.5. The molecule has 0 bridgehead atoms. The van der Waals surface area contributed by atoms with Crippen molar-refractivity contribution in [2.24, 2.45) is 0 Å². The molecule has 0 fully saturated rings. The smallest absolute Gasteiger partial charge is 0.259 e. The van der Waals surface area contributed by atoms with Crippen LogP contribution < -0.4 is 10.0 Å². The molecule has 21 heavy (non-hydrogen) atoms. The van der Waals surface area contributed by atoms with Crippen molar-refractivity contribution in [2.75, 3.05) is 15.8 Å². The molecule has 1 aromatic carbocycles. The summed E-state index contributed by atoms with van der Waals surface area (Å²) < 4.78 is 25.3. The van der Waals surface area contributed by atoms with Crippen molar-refractivity contribution >= 4 is 27.3 Å². The second-order valence-corrected chi connectivity index (χ2v) is 6.46. The highest BCUT2D eigenvalue weighted by Gasteiger charge is 2.11. The Labute approximate surface area is 122 Å². The lowest BCUT2D eigenvalue weighted by molar-refractivity contribution is 0.102. The summed E-state index contributed by atoms with van der Waals surface area (Å²) >= 11 is 0. The molecule has 2 rings (SSSR count). The third-order valence-electron chi connectivity index (χ3n) is 2.87. The van der Waals surface area contributed by atoms with Gasteiger partial charge >= 0.3 is 0 Å². The van der Waals surface area contributed by atoms with Gasteiger partial charge in [0.25, 0.3) is 5.91 Å². The molecule has 7 nitrogen and oxygen atoms in total. The predicted molar refractivity (Wildman–Crippen MR) is 80.8 cm³/mol. The highest BCUT2D eigenvalue weighted by atomic mass is 32.2. The van der Waals surface area contributed by atoms with Gasteiger partial charge in [-0.3, -0.25) is 14.6 Å². The molecule has 0 spiro atoms. The van der Waals surface area contributed by atoms with E-state index in [9.17, 15) is 13.2 Å². The molecule has 8 heteroatoms. The molecular weight excluding hydrogens is 292 g/mol. The summed E-state index contributed by atoms with van der Waals surface area (Å²) in [6.45, 7) is 3.31. The third kappa shape index (κ3) is 3.82. The Bertz CT molecular complexity index is 735. The number of amides is 1. The van der Waals surface area contributed by atoms with Crippen LogP contribution in [0.1, 0.15) is 23.0 Å². The molecule has 3 N–H and O–H groups in total. The lowest BCUT2D eigenvalue weighted by Gasteiger charge is -2.08. The molecule has 0 saturated carbocycles. The number of aromatic amines is 1. The Hall–Kier alpha value is -2.35. The summed E-state index contributed by atoms with van der Waals surface area (Å²) in [7, 11) is -3.30. The van der Waals surface area contributed by atoms with Gasteiger partial charge in [0.2, 0.25) is 10.0 Å². The Kier molecular flexibility index (Phi) is 4.27. The molecule has 0 aliphatic carbocycles. The standard InChI is InChI=1S/C13H16N4O3S/c1-3-21(19,20)17-11-6-4-10(5-7-11)15-13(18)12-8-14-16-9(12)2/h4-8,17H,3H2,1-2H3,(H,14,16)(H,15,18). The molecular formula is C13H16N4O3S. The Morgan fingerprint density at radius 3 is 2.38 bits per heavy atom. The van der Waals surface area contributed by atoms with Crippen molar-refractivity contribution in [3.05, 3.63) is 41.7 Å². The van der Waals surface area contributed by atoms with Crippen LogP contribution in [-0.2, 0) is 10.0 Å². The summed E-state index contributed by atoms with van der Waals surface area (Å²) in [5, 5.41) is 9.19. The van der Waals surface area contributed by atoms with Crippen LogP contribution in [0.3, 0.4) is 0 Å². The Morgan fingerprint density at radius 1 is 1.24 bits per heavy atom. The first-order valence-electron chi connectivity index (χ1n) is 6.33. The molecule has 0 atom stereocenters. The molecule has 0 aliphatic rings. The summed E-state index contributed by atoms with van der Waals surface area (Å²) in [5.41, 5.74) is 2.17. The number of aromatic nitrogens is 2. The van der Waals surface area contributed by atoms with E-state index in [0.717, 1.165) is 0 Å². The van der Waals surface area contributed by atoms with Crippen LogP contribution in [0.5, 0.6) is 0 Å². The van der Waals surface area contributed by atoms with Gasteiger partial charge in [-0.25, -0.2) is 8.42 Å². The van der Waals surface area contributed by atoms with Crippen molar-refractivity contribution in [3.63, 3.8) is 0 Å². The van der Waals surface area contributed by atoms with Gasteiger partial charge in [0.15, 0.2) is 0 Å². The van der Waals surface area contributed by atoms with E-state index < -0.39 is 10.0 Å². The molecule has 2 aromatic rings. The number of carbonyl (C=O) groups excluding carboxylic acids is 1. The minimum Gasteiger partial charge on any atom is -0.322 e. The van der Waals surface area contributed by atoms with E-state index >= 15 is 0 Å². The number of rotatable bonds is 5. The number of H-pyrrole nitrogens is 1. The van der Waals surface area contributed by atoms with E-state index in [1.165, 1.54) is 6.20 Å².